The molecule has 0 bridgehead atoms. The molecule has 2 amide bonds. The van der Waals surface area contributed by atoms with Gasteiger partial charge in [0.1, 0.15) is 11.4 Å². The van der Waals surface area contributed by atoms with Crippen LogP contribution in [0.1, 0.15) is 39.2 Å². The maximum Gasteiger partial charge on any atom is 0.264 e. The molecule has 3 rings (SSSR count). The Morgan fingerprint density at radius 3 is 3.00 bits per heavy atom. The number of benzene rings is 1. The molecule has 1 saturated heterocycles. The van der Waals surface area contributed by atoms with Crippen molar-refractivity contribution in [3.63, 3.8) is 0 Å². The number of imide groups is 1. The fourth-order valence-electron chi connectivity index (χ4n) is 2.14. The number of nitrogen functional groups attached to an aromatic ring is 1. The van der Waals surface area contributed by atoms with Gasteiger partial charge in [-0.1, -0.05) is 6.04 Å². The Balaban J connectivity index is 2.64. The highest BCUT2D eigenvalue weighted by atomic mass is 16.2. The van der Waals surface area contributed by atoms with Crippen LogP contribution in [-0.2, 0) is 15.1 Å². The largest absolute Gasteiger partial charge is 0.398 e. The molecule has 1 unspecified atom stereocenters. The van der Waals surface area contributed by atoms with Crippen LogP contribution in [0.5, 0.6) is 0 Å². The van der Waals surface area contributed by atoms with E-state index in [2.05, 4.69) is 4.98 Å². The van der Waals surface area contributed by atoms with Gasteiger partial charge in [-0.3, -0.25) is 24.3 Å². The summed E-state index contributed by atoms with van der Waals surface area (Å²) in [6.07, 6.45) is -6.84. The summed E-state index contributed by atoms with van der Waals surface area (Å²) in [7, 11) is 0. The van der Waals surface area contributed by atoms with E-state index in [0.29, 0.717) is 0 Å². The zero-order valence-electron chi connectivity index (χ0n) is 21.2. The van der Waals surface area contributed by atoms with E-state index in [1.54, 1.807) is 5.32 Å². The van der Waals surface area contributed by atoms with Gasteiger partial charge in [0, 0.05) is 21.7 Å². The van der Waals surface area contributed by atoms with E-state index in [0.717, 1.165) is 6.92 Å². The summed E-state index contributed by atoms with van der Waals surface area (Å²) in [5.41, 5.74) is 0.0325. The predicted octanol–water partition coefficient (Wildman–Crippen LogP) is 0.439. The number of carbonyl (C=O) groups is 2. The summed E-state index contributed by atoms with van der Waals surface area (Å²) in [6.45, 7) is -2.56. The molecule has 0 aliphatic carbocycles. The van der Waals surface area contributed by atoms with E-state index in [1.165, 1.54) is 0 Å². The average molecular weight is 310 g/mol. The number of hydrogen-bond donors (Lipinski definition) is 2. The van der Waals surface area contributed by atoms with E-state index in [4.69, 9.17) is 19.4 Å². The summed E-state index contributed by atoms with van der Waals surface area (Å²) < 4.78 is 79.2. The first kappa shape index (κ1) is 6.60. The number of aryl methyl sites for hydroxylation is 1. The first-order valence-electron chi connectivity index (χ1n) is 11.0. The Kier molecular flexibility index (Phi) is 1.40. The molecule has 0 radical (unpaired) electrons. The van der Waals surface area contributed by atoms with Gasteiger partial charge in [-0.05, 0) is 32.2 Å². The van der Waals surface area contributed by atoms with Crippen molar-refractivity contribution in [2.24, 2.45) is 0 Å². The lowest BCUT2D eigenvalue weighted by atomic mass is 9.90. The van der Waals surface area contributed by atoms with Gasteiger partial charge in [0.25, 0.3) is 11.5 Å². The summed E-state index contributed by atoms with van der Waals surface area (Å²) >= 11 is 0. The molecule has 0 spiro atoms. The van der Waals surface area contributed by atoms with Crippen LogP contribution < -0.4 is 16.6 Å². The minimum Gasteiger partial charge on any atom is -0.398 e. The van der Waals surface area contributed by atoms with Gasteiger partial charge in [-0.2, -0.15) is 0 Å². The predicted molar refractivity (Wildman–Crippen MR) is 81.2 cm³/mol. The third-order valence-corrected chi connectivity index (χ3v) is 3.27. The highest BCUT2D eigenvalue weighted by Crippen LogP contribution is 2.27. The molecule has 3 N–H and O–H groups in total. The van der Waals surface area contributed by atoms with Crippen LogP contribution in [0, 0.1) is 6.85 Å². The zero-order valence-corrected chi connectivity index (χ0v) is 11.2. The van der Waals surface area contributed by atoms with Crippen molar-refractivity contribution < 1.29 is 23.3 Å². The molecule has 1 aromatic carbocycles. The van der Waals surface area contributed by atoms with Crippen molar-refractivity contribution in [1.82, 2.24) is 14.9 Å². The van der Waals surface area contributed by atoms with Crippen LogP contribution in [0.15, 0.2) is 22.9 Å². The fraction of sp³-hybridized carbons (Fsp3) is 0.333. The number of carbonyl (C=O) groups excluding carboxylic acids is 2. The zero-order chi connectivity index (χ0) is 24.8. The molecule has 114 valence electrons. The molecule has 1 fully saturated rings. The van der Waals surface area contributed by atoms with Gasteiger partial charge >= 0.3 is 0 Å². The number of nitrogens with two attached hydrogens (primary N) is 1. The molecule has 1 aliphatic rings. The van der Waals surface area contributed by atoms with Crippen molar-refractivity contribution in [1.29, 1.82) is 0 Å². The van der Waals surface area contributed by atoms with Gasteiger partial charge in [-0.15, -0.1) is 0 Å². The first-order valence-corrected chi connectivity index (χ1v) is 6.02. The Morgan fingerprint density at radius 1 is 1.50 bits per heavy atom. The molecule has 22 heavy (non-hydrogen) atoms. The molecular formula is C15H16N4O3. The fourth-order valence-corrected chi connectivity index (χ4v) is 2.14. The number of rotatable bonds is 1. The van der Waals surface area contributed by atoms with Crippen molar-refractivity contribution >= 4 is 28.4 Å². The second kappa shape index (κ2) is 4.66. The van der Waals surface area contributed by atoms with Crippen LogP contribution in [-0.4, -0.2) is 21.4 Å². The lowest BCUT2D eigenvalue weighted by Crippen LogP contribution is -2.56. The molecule has 7 heteroatoms. The van der Waals surface area contributed by atoms with E-state index in [1.807, 2.05) is 0 Å². The summed E-state index contributed by atoms with van der Waals surface area (Å²) in [5, 5.41) is 0.899. The molecule has 1 aliphatic heterocycles. The van der Waals surface area contributed by atoms with Crippen LogP contribution in [0.3, 0.4) is 0 Å². The van der Waals surface area contributed by atoms with Gasteiger partial charge in [-0.25, -0.2) is 4.98 Å². The highest BCUT2D eigenvalue weighted by molar-refractivity contribution is 6.01. The molecule has 0 saturated carbocycles. The number of anilines is 1. The normalized spacial score (nSPS) is 33.7. The van der Waals surface area contributed by atoms with Crippen molar-refractivity contribution in [2.45, 2.75) is 32.1 Å². The molecule has 2 aromatic rings. The lowest BCUT2D eigenvalue weighted by molar-refractivity contribution is -0.140. The van der Waals surface area contributed by atoms with Crippen LogP contribution in [0.2, 0.25) is 0 Å². The van der Waals surface area contributed by atoms with Crippen LogP contribution in [0.25, 0.3) is 10.9 Å². The standard InChI is InChI=1S/C15H16N4O3/c1-8-17-10-5-3-4-9(16)12(10)13(21)19(8)15(2)7-6-11(20)18-14(15)22/h3-5H,6-7,16H2,1-2H3,(H,18,20,22)/i1D3,3D,4D,5D,6D2,7D2. The summed E-state index contributed by atoms with van der Waals surface area (Å²) in [5.74, 6) is -4.32. The van der Waals surface area contributed by atoms with Crippen molar-refractivity contribution in [3.05, 3.63) is 34.3 Å². The summed E-state index contributed by atoms with van der Waals surface area (Å²) in [6, 6.07) is -2.28. The number of nitrogens with one attached hydrogen (secondary N) is 1. The topological polar surface area (TPSA) is 107 Å². The Morgan fingerprint density at radius 2 is 2.27 bits per heavy atom. The third-order valence-electron chi connectivity index (χ3n) is 3.27. The SMILES string of the molecule is [2H]c1c([2H])c(N)c2c(=O)n(C3(C)C(=O)NC(=O)C([2H])([2H])C3([2H])[2H])c(C([2H])([2H])[2H])nc2c1[2H]. The Bertz CT molecular complexity index is 1270. The lowest BCUT2D eigenvalue weighted by Gasteiger charge is -2.34. The minimum absolute atomic E-state index is 0.0980. The van der Waals surface area contributed by atoms with E-state index >= 15 is 0 Å². The average Bonchev–Trinajstić information content (AvgIpc) is 2.67. The number of hydrogen-bond acceptors (Lipinski definition) is 5. The monoisotopic (exact) mass is 310 g/mol. The van der Waals surface area contributed by atoms with Crippen molar-refractivity contribution in [2.75, 3.05) is 5.73 Å². The van der Waals surface area contributed by atoms with E-state index in [9.17, 15) is 14.4 Å². The van der Waals surface area contributed by atoms with Gasteiger partial charge in [0.15, 0.2) is 0 Å². The molecule has 2 heterocycles. The van der Waals surface area contributed by atoms with E-state index < -0.39 is 83.1 Å². The van der Waals surface area contributed by atoms with Gasteiger partial charge in [0.2, 0.25) is 5.91 Å². The third kappa shape index (κ3) is 1.89. The number of nitrogens with zero attached hydrogens (tertiary/aromatic N) is 2. The Hall–Kier alpha value is -2.70. The van der Waals surface area contributed by atoms with Crippen LogP contribution in [0.4, 0.5) is 5.69 Å². The van der Waals surface area contributed by atoms with Gasteiger partial charge in [0.05, 0.1) is 15.0 Å². The van der Waals surface area contributed by atoms with Crippen molar-refractivity contribution in [3.8, 4) is 0 Å². The van der Waals surface area contributed by atoms with Gasteiger partial charge < -0.3 is 5.73 Å². The quantitative estimate of drug-likeness (QED) is 0.587. The smallest absolute Gasteiger partial charge is 0.264 e. The molecule has 1 aromatic heterocycles. The van der Waals surface area contributed by atoms with E-state index in [-0.39, 0.29) is 4.57 Å². The summed E-state index contributed by atoms with van der Waals surface area (Å²) in [4.78, 5) is 42.0. The van der Waals surface area contributed by atoms with Crippen LogP contribution >= 0.6 is 0 Å². The number of piperidine rings is 1. The molecular weight excluding hydrogens is 284 g/mol. The second-order valence-electron chi connectivity index (χ2n) is 4.69. The first-order chi connectivity index (χ1) is 14.3. The maximum atomic E-state index is 13.5. The number of amides is 2. The minimum atomic E-state index is -3.46. The Labute approximate surface area is 140 Å². The highest BCUT2D eigenvalue weighted by Gasteiger charge is 2.42. The second-order valence-corrected chi connectivity index (χ2v) is 4.69. The molecule has 7 nitrogen and oxygen atoms in total. The molecule has 1 atom stereocenters. The number of fused-ring (bicyclic) bond motifs is 1. The maximum absolute atomic E-state index is 13.5. The number of aromatic nitrogens is 2.